The molecule has 0 unspecified atom stereocenters. The van der Waals surface area contributed by atoms with E-state index in [1.807, 2.05) is 30.1 Å². The predicted molar refractivity (Wildman–Crippen MR) is 326 cm³/mol. The minimum atomic E-state index is -5.23. The fourth-order valence-corrected chi connectivity index (χ4v) is 11.4. The number of benzene rings is 4. The topological polar surface area (TPSA) is 140 Å². The van der Waals surface area contributed by atoms with Crippen molar-refractivity contribution in [3.05, 3.63) is 122 Å². The summed E-state index contributed by atoms with van der Waals surface area (Å²) in [6.45, 7) is 4.00. The number of rotatable bonds is 19. The van der Waals surface area contributed by atoms with Crippen LogP contribution in [0.3, 0.4) is 0 Å². The summed E-state index contributed by atoms with van der Waals surface area (Å²) in [5.74, 6) is -1.98. The van der Waals surface area contributed by atoms with Gasteiger partial charge >= 0.3 is 6.18 Å². The second kappa shape index (κ2) is 30.7. The number of aliphatic hydroxyl groups is 1. The van der Waals surface area contributed by atoms with E-state index in [0.717, 1.165) is 53.3 Å². The molecule has 4 aromatic rings. The maximum atomic E-state index is 15.5. The van der Waals surface area contributed by atoms with Crippen LogP contribution >= 0.6 is 34.8 Å². The van der Waals surface area contributed by atoms with Crippen LogP contribution in [0.4, 0.5) is 43.4 Å². The molecule has 0 saturated carbocycles. The monoisotopic (exact) mass is 1250 g/mol. The molecule has 23 heteroatoms. The molecule has 2 N–H and O–H groups in total. The van der Waals surface area contributed by atoms with Crippen molar-refractivity contribution in [1.82, 2.24) is 24.9 Å². The molecule has 3 heterocycles. The standard InChI is InChI=1S/C27H32ClF4N3O3.C18H27ClFN3O.C17H22ClFN2O2/c1-33(2)23(36)21-11-10-20(18-22(21)28)35-16-13-25(29,14-17-35)12-7-15-34(3)24(37)26(38,27(30,31)32)19-8-5-4-6-9-19;1-21-10-4-7-18(20)8-11-23(12-9-18)14-5-6-15(16(19)13-14)17(24)22(2)3;1-20(2)16(23)14-5-4-13(12-15(14)18)21-9-7-17(19,8-10-21)6-3-11-22/h4-6,8-11,18,38H,7,12-17H2,1-3H3;5-6,13,21H,4,7-12H2,1-3H3;4-5,11-12H,3,6-10H2,1-2H3/t26-;;/m1../s1. The fraction of sp³-hybridized carbons (Fsp3) is 0.532. The fourth-order valence-electron chi connectivity index (χ4n) is 10.6. The number of amides is 4. The Morgan fingerprint density at radius 1 is 0.565 bits per heavy atom. The van der Waals surface area contributed by atoms with Gasteiger partial charge in [0.25, 0.3) is 29.2 Å². The number of piperidine rings is 3. The zero-order chi connectivity index (χ0) is 63.1. The van der Waals surface area contributed by atoms with Gasteiger partial charge in [0.1, 0.15) is 23.3 Å². The van der Waals surface area contributed by atoms with Crippen molar-refractivity contribution in [3.8, 4) is 0 Å². The van der Waals surface area contributed by atoms with E-state index in [1.165, 1.54) is 39.9 Å². The first-order chi connectivity index (χ1) is 39.9. The second-order valence-electron chi connectivity index (χ2n) is 22.8. The Bertz CT molecular complexity index is 2880. The third-order valence-corrected chi connectivity index (χ3v) is 16.9. The molecule has 3 saturated heterocycles. The number of hydrogen-bond donors (Lipinski definition) is 2. The van der Waals surface area contributed by atoms with Gasteiger partial charge in [-0.3, -0.25) is 19.2 Å². The van der Waals surface area contributed by atoms with Gasteiger partial charge in [-0.25, -0.2) is 13.2 Å². The molecule has 0 radical (unpaired) electrons. The van der Waals surface area contributed by atoms with Gasteiger partial charge < -0.3 is 49.5 Å². The molecule has 14 nitrogen and oxygen atoms in total. The van der Waals surface area contributed by atoms with E-state index < -0.39 is 40.3 Å². The van der Waals surface area contributed by atoms with E-state index in [-0.39, 0.29) is 56.4 Å². The summed E-state index contributed by atoms with van der Waals surface area (Å²) in [5, 5.41) is 14.7. The highest BCUT2D eigenvalue weighted by molar-refractivity contribution is 6.35. The van der Waals surface area contributed by atoms with E-state index in [2.05, 4.69) is 15.1 Å². The highest BCUT2D eigenvalue weighted by Gasteiger charge is 2.61. The molecule has 3 aliphatic heterocycles. The minimum absolute atomic E-state index is 0.0608. The molecule has 0 spiro atoms. The van der Waals surface area contributed by atoms with Gasteiger partial charge in [0.2, 0.25) is 0 Å². The lowest BCUT2D eigenvalue weighted by Crippen LogP contribution is -2.55. The molecule has 0 aliphatic carbocycles. The predicted octanol–water partition coefficient (Wildman–Crippen LogP) is 11.7. The summed E-state index contributed by atoms with van der Waals surface area (Å²) in [6.07, 6.45) is 0.0217. The Hall–Kier alpha value is -5.80. The molecule has 0 aromatic heterocycles. The Labute approximate surface area is 511 Å². The van der Waals surface area contributed by atoms with Crippen molar-refractivity contribution >= 4 is 81.8 Å². The lowest BCUT2D eigenvalue weighted by Gasteiger charge is -2.38. The summed E-state index contributed by atoms with van der Waals surface area (Å²) in [7, 11) is 13.1. The summed E-state index contributed by atoms with van der Waals surface area (Å²) in [6, 6.07) is 22.1. The first-order valence-corrected chi connectivity index (χ1v) is 29.6. The quantitative estimate of drug-likeness (QED) is 0.0530. The van der Waals surface area contributed by atoms with E-state index >= 15 is 4.39 Å². The molecule has 7 rings (SSSR count). The Balaban J connectivity index is 0.000000244. The van der Waals surface area contributed by atoms with Crippen LogP contribution in [0.15, 0.2) is 84.9 Å². The van der Waals surface area contributed by atoms with Crippen molar-refractivity contribution in [2.75, 3.05) is 123 Å². The Morgan fingerprint density at radius 3 is 1.21 bits per heavy atom. The van der Waals surface area contributed by atoms with Crippen LogP contribution < -0.4 is 20.0 Å². The van der Waals surface area contributed by atoms with E-state index in [4.69, 9.17) is 34.8 Å². The number of aldehydes is 1. The molecular formula is C62H81Cl3F6N8O6. The van der Waals surface area contributed by atoms with Crippen LogP contribution in [-0.2, 0) is 15.2 Å². The van der Waals surface area contributed by atoms with Crippen LogP contribution in [0.25, 0.3) is 0 Å². The molecule has 0 bridgehead atoms. The normalized spacial score (nSPS) is 17.0. The summed E-state index contributed by atoms with van der Waals surface area (Å²) in [5.41, 5.74) is -4.16. The number of hydrogen-bond acceptors (Lipinski definition) is 10. The third kappa shape index (κ3) is 18.6. The van der Waals surface area contributed by atoms with E-state index in [1.54, 1.807) is 78.7 Å². The van der Waals surface area contributed by atoms with Crippen LogP contribution in [0, 0.1) is 0 Å². The first kappa shape index (κ1) is 70.0. The van der Waals surface area contributed by atoms with Gasteiger partial charge in [0.05, 0.1) is 31.8 Å². The molecular weight excluding hydrogens is 1170 g/mol. The third-order valence-electron chi connectivity index (χ3n) is 16.0. The minimum Gasteiger partial charge on any atom is -0.371 e. The van der Waals surface area contributed by atoms with Crippen molar-refractivity contribution in [3.63, 3.8) is 0 Å². The van der Waals surface area contributed by atoms with Gasteiger partial charge in [-0.1, -0.05) is 65.1 Å². The number of nitrogens with zero attached hydrogens (tertiary/aromatic N) is 7. The molecule has 3 fully saturated rings. The lowest BCUT2D eigenvalue weighted by molar-refractivity contribution is -0.261. The van der Waals surface area contributed by atoms with Crippen LogP contribution in [0.5, 0.6) is 0 Å². The summed E-state index contributed by atoms with van der Waals surface area (Å²) < 4.78 is 86.2. The molecule has 4 aromatic carbocycles. The Kier molecular flexibility index (Phi) is 25.3. The number of nitrogens with one attached hydrogen (secondary N) is 1. The zero-order valence-corrected chi connectivity index (χ0v) is 52.1. The lowest BCUT2D eigenvalue weighted by atomic mass is 9.88. The number of likely N-dealkylation sites (N-methyl/N-ethyl adjacent to an activating group) is 1. The number of halogens is 9. The SMILES string of the molecule is CN(C)C(=O)c1ccc(N2CCC(F)(CCC=O)CC2)cc1Cl.CN(C)C(=O)c1ccc(N2CCC(F)(CCCN(C)C(=O)[C@](O)(c3ccccc3)C(F)(F)F)CC2)cc1Cl.CNCCCC1(F)CCN(c2ccc(C(=O)N(C)C)c(Cl)c2)CC1. The van der Waals surface area contributed by atoms with Gasteiger partial charge in [-0.05, 0) is 139 Å². The summed E-state index contributed by atoms with van der Waals surface area (Å²) >= 11 is 18.8. The van der Waals surface area contributed by atoms with Gasteiger partial charge in [0.15, 0.2) is 0 Å². The Morgan fingerprint density at radius 2 is 0.906 bits per heavy atom. The van der Waals surface area contributed by atoms with Gasteiger partial charge in [-0.15, -0.1) is 0 Å². The maximum absolute atomic E-state index is 15.5. The highest BCUT2D eigenvalue weighted by atomic mass is 35.5. The highest BCUT2D eigenvalue weighted by Crippen LogP contribution is 2.42. The van der Waals surface area contributed by atoms with Crippen molar-refractivity contribution in [1.29, 1.82) is 0 Å². The van der Waals surface area contributed by atoms with Crippen LogP contribution in [-0.4, -0.2) is 187 Å². The molecule has 85 heavy (non-hydrogen) atoms. The number of alkyl halides is 6. The summed E-state index contributed by atoms with van der Waals surface area (Å²) in [4.78, 5) is 70.7. The van der Waals surface area contributed by atoms with E-state index in [9.17, 15) is 51.0 Å². The van der Waals surface area contributed by atoms with Crippen LogP contribution in [0.1, 0.15) is 114 Å². The van der Waals surface area contributed by atoms with Gasteiger partial charge in [0, 0.05) is 124 Å². The smallest absolute Gasteiger partial charge is 0.371 e. The average molecular weight is 1250 g/mol. The number of carbonyl (C=O) groups is 5. The number of anilines is 3. The van der Waals surface area contributed by atoms with E-state index in [0.29, 0.717) is 110 Å². The molecule has 4 amide bonds. The maximum Gasteiger partial charge on any atom is 0.430 e. The van der Waals surface area contributed by atoms with Gasteiger partial charge in [-0.2, -0.15) is 13.2 Å². The molecule has 1 atom stereocenters. The molecule has 3 aliphatic rings. The largest absolute Gasteiger partial charge is 0.430 e. The number of carbonyl (C=O) groups excluding carboxylic acids is 5. The van der Waals surface area contributed by atoms with Crippen molar-refractivity contribution in [2.24, 2.45) is 0 Å². The average Bonchev–Trinajstić information content (AvgIpc) is 1.45. The molecule has 468 valence electrons. The second-order valence-corrected chi connectivity index (χ2v) is 24.0. The first-order valence-electron chi connectivity index (χ1n) is 28.5. The van der Waals surface area contributed by atoms with Crippen molar-refractivity contribution in [2.45, 2.75) is 106 Å². The van der Waals surface area contributed by atoms with Crippen molar-refractivity contribution < 1.29 is 55.4 Å². The van der Waals surface area contributed by atoms with Crippen LogP contribution in [0.2, 0.25) is 15.1 Å². The zero-order valence-electron chi connectivity index (χ0n) is 49.8.